The molecule has 0 spiro atoms. The molecule has 1 aromatic heterocycles. The standard InChI is InChI=1S/C16H18N2O2/c1-4-9-18-11-13(7-8-17-12(2)19)15-10-14(20-3)5-6-16(15)18/h1,5-6,10-11H,7-9H2,2-3H3,(H,17,19). The summed E-state index contributed by atoms with van der Waals surface area (Å²) in [5.74, 6) is 3.45. The molecule has 1 amide bonds. The zero-order valence-corrected chi connectivity index (χ0v) is 11.8. The van der Waals surface area contributed by atoms with Gasteiger partial charge in [-0.3, -0.25) is 4.79 Å². The second kappa shape index (κ2) is 6.16. The van der Waals surface area contributed by atoms with Crippen molar-refractivity contribution < 1.29 is 9.53 Å². The topological polar surface area (TPSA) is 43.3 Å². The summed E-state index contributed by atoms with van der Waals surface area (Å²) in [7, 11) is 1.65. The minimum atomic E-state index is -0.0186. The number of carbonyl (C=O) groups excluding carboxylic acids is 1. The van der Waals surface area contributed by atoms with Gasteiger partial charge in [-0.2, -0.15) is 0 Å². The molecule has 1 heterocycles. The average molecular weight is 270 g/mol. The molecule has 104 valence electrons. The summed E-state index contributed by atoms with van der Waals surface area (Å²) in [5, 5.41) is 3.92. The number of nitrogens with zero attached hydrogens (tertiary/aromatic N) is 1. The van der Waals surface area contributed by atoms with Crippen LogP contribution < -0.4 is 10.1 Å². The Balaban J connectivity index is 2.36. The minimum absolute atomic E-state index is 0.0186. The largest absolute Gasteiger partial charge is 0.497 e. The number of amides is 1. The van der Waals surface area contributed by atoms with Gasteiger partial charge in [-0.1, -0.05) is 5.92 Å². The first-order valence-corrected chi connectivity index (χ1v) is 6.49. The Labute approximate surface area is 118 Å². The van der Waals surface area contributed by atoms with Crippen molar-refractivity contribution in [2.24, 2.45) is 0 Å². The van der Waals surface area contributed by atoms with Gasteiger partial charge in [0.15, 0.2) is 0 Å². The van der Waals surface area contributed by atoms with Gasteiger partial charge in [0.1, 0.15) is 5.75 Å². The van der Waals surface area contributed by atoms with Gasteiger partial charge in [0, 0.05) is 30.6 Å². The zero-order chi connectivity index (χ0) is 14.5. The van der Waals surface area contributed by atoms with Crippen LogP contribution in [-0.4, -0.2) is 24.1 Å². The predicted molar refractivity (Wildman–Crippen MR) is 79.7 cm³/mol. The normalized spacial score (nSPS) is 10.2. The number of nitrogens with one attached hydrogen (secondary N) is 1. The third kappa shape index (κ3) is 2.94. The lowest BCUT2D eigenvalue weighted by Crippen LogP contribution is -2.22. The molecular formula is C16H18N2O2. The van der Waals surface area contributed by atoms with Crippen LogP contribution in [-0.2, 0) is 17.8 Å². The molecule has 1 N–H and O–H groups in total. The molecule has 0 bridgehead atoms. The first-order chi connectivity index (χ1) is 9.65. The Morgan fingerprint density at radius 1 is 1.50 bits per heavy atom. The number of fused-ring (bicyclic) bond motifs is 1. The maximum atomic E-state index is 10.9. The van der Waals surface area contributed by atoms with Gasteiger partial charge in [0.05, 0.1) is 13.7 Å². The summed E-state index contributed by atoms with van der Waals surface area (Å²) in [6, 6.07) is 5.94. The van der Waals surface area contributed by atoms with Crippen LogP contribution in [0.3, 0.4) is 0 Å². The van der Waals surface area contributed by atoms with Gasteiger partial charge >= 0.3 is 0 Å². The minimum Gasteiger partial charge on any atom is -0.497 e. The van der Waals surface area contributed by atoms with Crippen molar-refractivity contribution in [2.45, 2.75) is 19.9 Å². The van der Waals surface area contributed by atoms with Crippen LogP contribution in [0.25, 0.3) is 10.9 Å². The van der Waals surface area contributed by atoms with E-state index in [1.165, 1.54) is 6.92 Å². The lowest BCUT2D eigenvalue weighted by atomic mass is 10.1. The highest BCUT2D eigenvalue weighted by Gasteiger charge is 2.09. The van der Waals surface area contributed by atoms with E-state index < -0.39 is 0 Å². The molecular weight excluding hydrogens is 252 g/mol. The van der Waals surface area contributed by atoms with Crippen LogP contribution in [0.2, 0.25) is 0 Å². The van der Waals surface area contributed by atoms with Crippen molar-refractivity contribution in [3.63, 3.8) is 0 Å². The Kier molecular flexibility index (Phi) is 4.31. The predicted octanol–water partition coefficient (Wildman–Crippen LogP) is 1.96. The molecule has 0 aliphatic rings. The molecule has 20 heavy (non-hydrogen) atoms. The van der Waals surface area contributed by atoms with E-state index in [1.54, 1.807) is 7.11 Å². The molecule has 0 aliphatic heterocycles. The number of aromatic nitrogens is 1. The van der Waals surface area contributed by atoms with Crippen LogP contribution in [0.1, 0.15) is 12.5 Å². The first kappa shape index (κ1) is 14.0. The van der Waals surface area contributed by atoms with E-state index >= 15 is 0 Å². The number of hydrogen-bond donors (Lipinski definition) is 1. The monoisotopic (exact) mass is 270 g/mol. The fourth-order valence-electron chi connectivity index (χ4n) is 2.28. The Morgan fingerprint density at radius 3 is 2.95 bits per heavy atom. The molecule has 1 aromatic carbocycles. The first-order valence-electron chi connectivity index (χ1n) is 6.49. The van der Waals surface area contributed by atoms with Crippen molar-refractivity contribution in [1.29, 1.82) is 0 Å². The van der Waals surface area contributed by atoms with E-state index in [0.29, 0.717) is 13.1 Å². The maximum absolute atomic E-state index is 10.9. The van der Waals surface area contributed by atoms with Crippen molar-refractivity contribution in [3.05, 3.63) is 30.0 Å². The molecule has 0 aliphatic carbocycles. The number of methoxy groups -OCH3 is 1. The number of terminal acetylenes is 1. The van der Waals surface area contributed by atoms with Gasteiger partial charge in [-0.25, -0.2) is 0 Å². The van der Waals surface area contributed by atoms with Gasteiger partial charge in [-0.15, -0.1) is 6.42 Å². The summed E-state index contributed by atoms with van der Waals surface area (Å²) < 4.78 is 7.31. The van der Waals surface area contributed by atoms with Gasteiger partial charge in [0.25, 0.3) is 0 Å². The van der Waals surface area contributed by atoms with Crippen molar-refractivity contribution in [1.82, 2.24) is 9.88 Å². The van der Waals surface area contributed by atoms with Crippen molar-refractivity contribution >= 4 is 16.8 Å². The third-order valence-corrected chi connectivity index (χ3v) is 3.20. The number of benzene rings is 1. The number of hydrogen-bond acceptors (Lipinski definition) is 2. The van der Waals surface area contributed by atoms with Crippen LogP contribution in [0.15, 0.2) is 24.4 Å². The maximum Gasteiger partial charge on any atom is 0.216 e. The Hall–Kier alpha value is -2.41. The molecule has 0 unspecified atom stereocenters. The summed E-state index contributed by atoms with van der Waals surface area (Å²) in [4.78, 5) is 10.9. The molecule has 4 nitrogen and oxygen atoms in total. The third-order valence-electron chi connectivity index (χ3n) is 3.20. The van der Waals surface area contributed by atoms with E-state index in [9.17, 15) is 4.79 Å². The molecule has 2 rings (SSSR count). The molecule has 4 heteroatoms. The van der Waals surface area contributed by atoms with Crippen molar-refractivity contribution in [2.75, 3.05) is 13.7 Å². The quantitative estimate of drug-likeness (QED) is 0.844. The zero-order valence-electron chi connectivity index (χ0n) is 11.8. The highest BCUT2D eigenvalue weighted by Crippen LogP contribution is 2.26. The summed E-state index contributed by atoms with van der Waals surface area (Å²) in [5.41, 5.74) is 2.24. The molecule has 0 saturated carbocycles. The van der Waals surface area contributed by atoms with E-state index in [1.807, 2.05) is 29.0 Å². The number of ether oxygens (including phenoxy) is 1. The van der Waals surface area contributed by atoms with Crippen molar-refractivity contribution in [3.8, 4) is 18.1 Å². The van der Waals surface area contributed by atoms with E-state index in [0.717, 1.165) is 28.6 Å². The van der Waals surface area contributed by atoms with Crippen LogP contribution in [0, 0.1) is 12.3 Å². The fraction of sp³-hybridized carbons (Fsp3) is 0.312. The molecule has 0 fully saturated rings. The van der Waals surface area contributed by atoms with Gasteiger partial charge in [-0.05, 0) is 30.2 Å². The van der Waals surface area contributed by atoms with Crippen LogP contribution in [0.5, 0.6) is 5.75 Å². The molecule has 0 atom stereocenters. The molecule has 2 aromatic rings. The fourth-order valence-corrected chi connectivity index (χ4v) is 2.28. The number of rotatable bonds is 5. The lowest BCUT2D eigenvalue weighted by Gasteiger charge is -2.03. The number of carbonyl (C=O) groups is 1. The highest BCUT2D eigenvalue weighted by atomic mass is 16.5. The SMILES string of the molecule is C#CCn1cc(CCNC(C)=O)c2cc(OC)ccc21. The average Bonchev–Trinajstić information content (AvgIpc) is 2.76. The summed E-state index contributed by atoms with van der Waals surface area (Å²) in [6.07, 6.45) is 8.22. The second-order valence-electron chi connectivity index (χ2n) is 4.60. The second-order valence-corrected chi connectivity index (χ2v) is 4.60. The highest BCUT2D eigenvalue weighted by molar-refractivity contribution is 5.85. The van der Waals surface area contributed by atoms with Gasteiger partial charge < -0.3 is 14.6 Å². The van der Waals surface area contributed by atoms with E-state index in [2.05, 4.69) is 11.2 Å². The Bertz CT molecular complexity index is 665. The van der Waals surface area contributed by atoms with E-state index in [4.69, 9.17) is 11.2 Å². The smallest absolute Gasteiger partial charge is 0.216 e. The summed E-state index contributed by atoms with van der Waals surface area (Å²) in [6.45, 7) is 2.66. The van der Waals surface area contributed by atoms with Crippen LogP contribution >= 0.6 is 0 Å². The molecule has 0 saturated heterocycles. The Morgan fingerprint density at radius 2 is 2.30 bits per heavy atom. The molecule has 0 radical (unpaired) electrons. The van der Waals surface area contributed by atoms with Crippen LogP contribution in [0.4, 0.5) is 0 Å². The lowest BCUT2D eigenvalue weighted by molar-refractivity contribution is -0.118. The summed E-state index contributed by atoms with van der Waals surface area (Å²) >= 11 is 0. The van der Waals surface area contributed by atoms with E-state index in [-0.39, 0.29) is 5.91 Å². The van der Waals surface area contributed by atoms with Gasteiger partial charge in [0.2, 0.25) is 5.91 Å².